The van der Waals surface area contributed by atoms with E-state index < -0.39 is 60.8 Å². The topological polar surface area (TPSA) is 230 Å². The first kappa shape index (κ1) is 34.0. The van der Waals surface area contributed by atoms with Gasteiger partial charge >= 0.3 is 0 Å². The number of amides is 5. The summed E-state index contributed by atoms with van der Waals surface area (Å²) < 4.78 is 0. The Hall–Kier alpha value is -5.92. The molecule has 0 spiro atoms. The van der Waals surface area contributed by atoms with Gasteiger partial charge in [0.25, 0.3) is 0 Å². The van der Waals surface area contributed by atoms with E-state index >= 15 is 0 Å². The average molecular weight is 643 g/mol. The zero-order valence-corrected chi connectivity index (χ0v) is 25.6. The van der Waals surface area contributed by atoms with E-state index in [1.165, 1.54) is 12.1 Å². The number of aliphatic imine (C=N–C) groups is 1. The molecule has 5 amide bonds. The number of phenolic OH excluding ortho intramolecular Hbond substituents is 1. The summed E-state index contributed by atoms with van der Waals surface area (Å²) in [6.07, 6.45) is 0.217. The molecule has 0 aromatic heterocycles. The second kappa shape index (κ2) is 15.9. The molecule has 0 saturated carbocycles. The van der Waals surface area contributed by atoms with Crippen LogP contribution in [0.5, 0.6) is 5.75 Å². The summed E-state index contributed by atoms with van der Waals surface area (Å²) >= 11 is 0. The number of nitrogens with one attached hydrogen (secondary N) is 5. The van der Waals surface area contributed by atoms with E-state index in [9.17, 15) is 29.1 Å². The molecule has 0 aliphatic carbocycles. The van der Waals surface area contributed by atoms with E-state index in [0.29, 0.717) is 5.56 Å². The van der Waals surface area contributed by atoms with Gasteiger partial charge in [0.2, 0.25) is 29.5 Å². The Morgan fingerprint density at radius 2 is 1.32 bits per heavy atom. The predicted octanol–water partition coefficient (Wildman–Crippen LogP) is -0.749. The average Bonchev–Trinajstić information content (AvgIpc) is 3.04. The van der Waals surface area contributed by atoms with Gasteiger partial charge in [-0.05, 0) is 46.0 Å². The van der Waals surface area contributed by atoms with Crippen molar-refractivity contribution in [1.29, 1.82) is 0 Å². The van der Waals surface area contributed by atoms with Crippen LogP contribution in [0, 0.1) is 0 Å². The Balaban J connectivity index is 1.62. The van der Waals surface area contributed by atoms with E-state index in [1.807, 2.05) is 42.5 Å². The summed E-state index contributed by atoms with van der Waals surface area (Å²) in [6.45, 7) is 3.01. The van der Waals surface area contributed by atoms with Crippen LogP contribution in [-0.2, 0) is 36.8 Å². The molecule has 14 heteroatoms. The highest BCUT2D eigenvalue weighted by molar-refractivity contribution is 5.97. The van der Waals surface area contributed by atoms with Crippen molar-refractivity contribution >= 4 is 46.3 Å². The number of fused-ring (bicyclic) bond motifs is 1. The van der Waals surface area contributed by atoms with Gasteiger partial charge in [0.1, 0.15) is 23.9 Å². The van der Waals surface area contributed by atoms with Crippen LogP contribution in [0.2, 0.25) is 0 Å². The van der Waals surface area contributed by atoms with E-state index in [0.717, 1.165) is 16.3 Å². The molecule has 3 aromatic carbocycles. The number of carbonyl (C=O) groups excluding carboxylic acids is 5. The predicted molar refractivity (Wildman–Crippen MR) is 176 cm³/mol. The molecule has 47 heavy (non-hydrogen) atoms. The number of hydrogen-bond donors (Lipinski definition) is 8. The number of carbonyl (C=O) groups is 5. The summed E-state index contributed by atoms with van der Waals surface area (Å²) in [6, 6.07) is 15.8. The highest BCUT2D eigenvalue weighted by Gasteiger charge is 2.30. The molecule has 1 fully saturated rings. The molecule has 10 N–H and O–H groups in total. The minimum absolute atomic E-state index is 0.0273. The Bertz CT molecular complexity index is 1690. The largest absolute Gasteiger partial charge is 0.508 e. The first-order valence-electron chi connectivity index (χ1n) is 14.9. The number of nitrogens with two attached hydrogens (primary N) is 2. The molecule has 1 aliphatic rings. The zero-order valence-electron chi connectivity index (χ0n) is 25.6. The number of guanidine groups is 1. The van der Waals surface area contributed by atoms with Crippen LogP contribution in [0.25, 0.3) is 10.8 Å². The van der Waals surface area contributed by atoms with Crippen LogP contribution in [0.1, 0.15) is 17.5 Å². The molecule has 0 radical (unpaired) electrons. The summed E-state index contributed by atoms with van der Waals surface area (Å²) in [5.41, 5.74) is 12.4. The second-order valence-corrected chi connectivity index (χ2v) is 11.1. The highest BCUT2D eigenvalue weighted by atomic mass is 16.3. The highest BCUT2D eigenvalue weighted by Crippen LogP contribution is 2.17. The third kappa shape index (κ3) is 10.0. The maximum absolute atomic E-state index is 13.7. The fourth-order valence-corrected chi connectivity index (χ4v) is 5.01. The zero-order chi connectivity index (χ0) is 33.9. The number of hydrogen-bond acceptors (Lipinski definition) is 7. The van der Waals surface area contributed by atoms with Crippen LogP contribution < -0.4 is 38.1 Å². The molecular formula is C33H38N8O6. The van der Waals surface area contributed by atoms with Crippen molar-refractivity contribution in [3.05, 3.63) is 90.0 Å². The van der Waals surface area contributed by atoms with Gasteiger partial charge in [-0.3, -0.25) is 29.0 Å². The van der Waals surface area contributed by atoms with Gasteiger partial charge in [0.15, 0.2) is 5.96 Å². The number of phenols is 1. The fraction of sp³-hybridized carbons (Fsp3) is 0.273. The molecule has 246 valence electrons. The van der Waals surface area contributed by atoms with Crippen molar-refractivity contribution in [3.8, 4) is 5.75 Å². The van der Waals surface area contributed by atoms with E-state index in [-0.39, 0.29) is 43.1 Å². The van der Waals surface area contributed by atoms with Gasteiger partial charge in [-0.2, -0.15) is 0 Å². The van der Waals surface area contributed by atoms with Crippen molar-refractivity contribution in [1.82, 2.24) is 26.6 Å². The lowest BCUT2D eigenvalue weighted by Gasteiger charge is -2.24. The summed E-state index contributed by atoms with van der Waals surface area (Å²) in [5, 5.41) is 24.4. The molecule has 3 aromatic rings. The Kier molecular flexibility index (Phi) is 11.5. The van der Waals surface area contributed by atoms with Crippen molar-refractivity contribution < 1.29 is 29.1 Å². The minimum atomic E-state index is -1.31. The Labute approximate surface area is 271 Å². The minimum Gasteiger partial charge on any atom is -0.508 e. The summed E-state index contributed by atoms with van der Waals surface area (Å²) in [7, 11) is 0. The lowest BCUT2D eigenvalue weighted by molar-refractivity contribution is -0.132. The number of nitrogens with zero attached hydrogens (tertiary/aromatic N) is 1. The normalized spacial score (nSPS) is 19.6. The van der Waals surface area contributed by atoms with Gasteiger partial charge in [0, 0.05) is 19.4 Å². The van der Waals surface area contributed by atoms with Gasteiger partial charge < -0.3 is 43.2 Å². The van der Waals surface area contributed by atoms with Crippen LogP contribution in [0.15, 0.2) is 83.9 Å². The van der Waals surface area contributed by atoms with Crippen molar-refractivity contribution in [2.45, 2.75) is 37.4 Å². The van der Waals surface area contributed by atoms with Gasteiger partial charge in [-0.25, -0.2) is 0 Å². The third-order valence-electron chi connectivity index (χ3n) is 7.46. The van der Waals surface area contributed by atoms with E-state index in [1.54, 1.807) is 12.1 Å². The standard InChI is InChI=1S/C33H38N8O6/c1-19(12-13-36-33(34)35)29-32(47)40-26(16-21-6-9-22-4-2-3-5-23(22)14-21)31(46)37-17-27(43)39-25(30(45)38-18-28(44)41-29)15-20-7-10-24(42)11-8-20/h2-11,14,25-26,29,42H,1,12-13,15-18H2,(H,37,46)(H,38,45)(H,39,43)(H,40,47)(H,41,44)(H4,34,35,36). The smallest absolute Gasteiger partial charge is 0.247 e. The molecule has 4 rings (SSSR count). The van der Waals surface area contributed by atoms with Crippen LogP contribution >= 0.6 is 0 Å². The van der Waals surface area contributed by atoms with Crippen LogP contribution in [0.3, 0.4) is 0 Å². The summed E-state index contributed by atoms with van der Waals surface area (Å²) in [4.78, 5) is 70.2. The van der Waals surface area contributed by atoms with Gasteiger partial charge in [0.05, 0.1) is 13.1 Å². The lowest BCUT2D eigenvalue weighted by Crippen LogP contribution is -2.56. The second-order valence-electron chi connectivity index (χ2n) is 11.1. The molecule has 3 unspecified atom stereocenters. The summed E-state index contributed by atoms with van der Waals surface area (Å²) in [5.74, 6) is -3.59. The molecule has 1 heterocycles. The maximum Gasteiger partial charge on any atom is 0.247 e. The molecule has 3 atom stereocenters. The lowest BCUT2D eigenvalue weighted by atomic mass is 9.99. The first-order chi connectivity index (χ1) is 22.5. The van der Waals surface area contributed by atoms with E-state index in [2.05, 4.69) is 38.2 Å². The molecule has 1 aliphatic heterocycles. The molecule has 0 bridgehead atoms. The molecule has 14 nitrogen and oxygen atoms in total. The van der Waals surface area contributed by atoms with Crippen molar-refractivity contribution in [3.63, 3.8) is 0 Å². The number of aromatic hydroxyl groups is 1. The van der Waals surface area contributed by atoms with E-state index in [4.69, 9.17) is 11.5 Å². The van der Waals surface area contributed by atoms with Crippen LogP contribution in [0.4, 0.5) is 0 Å². The SMILES string of the molecule is C=C(CCN=C(N)N)C1NC(=O)CNC(=O)C(Cc2ccc(O)cc2)NC(=O)CNC(=O)C(Cc2ccc3ccccc3c2)NC1=O. The van der Waals surface area contributed by atoms with Gasteiger partial charge in [-0.1, -0.05) is 61.2 Å². The molecule has 1 saturated heterocycles. The monoisotopic (exact) mass is 642 g/mol. The Morgan fingerprint density at radius 1 is 0.745 bits per heavy atom. The van der Waals surface area contributed by atoms with Crippen LogP contribution in [-0.4, -0.2) is 78.4 Å². The number of benzene rings is 3. The van der Waals surface area contributed by atoms with Crippen molar-refractivity contribution in [2.75, 3.05) is 19.6 Å². The quantitative estimate of drug-likeness (QED) is 0.0883. The Morgan fingerprint density at radius 3 is 1.98 bits per heavy atom. The van der Waals surface area contributed by atoms with Crippen molar-refractivity contribution in [2.24, 2.45) is 16.5 Å². The maximum atomic E-state index is 13.7. The number of rotatable bonds is 8. The van der Waals surface area contributed by atoms with Gasteiger partial charge in [-0.15, -0.1) is 0 Å². The third-order valence-corrected chi connectivity index (χ3v) is 7.46. The first-order valence-corrected chi connectivity index (χ1v) is 14.9. The fourth-order valence-electron chi connectivity index (χ4n) is 5.01. The molecular weight excluding hydrogens is 604 g/mol.